The van der Waals surface area contributed by atoms with Crippen molar-refractivity contribution in [1.82, 2.24) is 15.4 Å². The third-order valence-electron chi connectivity index (χ3n) is 3.07. The SMILES string of the molecule is ClC1=C(SSc2cc3n[nH]nc3cc2Cl)CC2=NN=NC2=C1. The average Bonchev–Trinajstić information content (AvgIpc) is 3.12. The predicted molar refractivity (Wildman–Crippen MR) is 90.2 cm³/mol. The first-order chi connectivity index (χ1) is 10.7. The highest BCUT2D eigenvalue weighted by Crippen LogP contribution is 2.46. The van der Waals surface area contributed by atoms with Crippen LogP contribution < -0.4 is 0 Å². The molecule has 0 amide bonds. The zero-order valence-corrected chi connectivity index (χ0v) is 13.9. The van der Waals surface area contributed by atoms with Crippen molar-refractivity contribution in [2.24, 2.45) is 15.4 Å². The number of hydrogen-bond donors (Lipinski definition) is 1. The summed E-state index contributed by atoms with van der Waals surface area (Å²) in [6.45, 7) is 0. The molecule has 0 radical (unpaired) electrons. The average molecular weight is 369 g/mol. The van der Waals surface area contributed by atoms with E-state index in [-0.39, 0.29) is 0 Å². The third-order valence-corrected chi connectivity index (χ3v) is 6.51. The number of benzene rings is 1. The van der Waals surface area contributed by atoms with E-state index < -0.39 is 0 Å². The Kier molecular flexibility index (Phi) is 3.69. The lowest BCUT2D eigenvalue weighted by Crippen LogP contribution is -2.03. The summed E-state index contributed by atoms with van der Waals surface area (Å²) in [7, 11) is 3.07. The second-order valence-corrected chi connectivity index (χ2v) is 7.56. The fraction of sp³-hybridized carbons (Fsp3) is 0.0833. The summed E-state index contributed by atoms with van der Waals surface area (Å²) in [6, 6.07) is 3.69. The molecule has 110 valence electrons. The van der Waals surface area contributed by atoms with Gasteiger partial charge in [0.2, 0.25) is 0 Å². The molecule has 0 unspecified atom stereocenters. The molecule has 2 aromatic rings. The second kappa shape index (κ2) is 5.69. The van der Waals surface area contributed by atoms with E-state index >= 15 is 0 Å². The number of rotatable bonds is 3. The molecule has 0 spiro atoms. The van der Waals surface area contributed by atoms with E-state index in [9.17, 15) is 0 Å². The molecule has 0 saturated heterocycles. The van der Waals surface area contributed by atoms with Gasteiger partial charge in [-0.25, -0.2) is 0 Å². The van der Waals surface area contributed by atoms with Gasteiger partial charge in [-0.05, 0) is 23.4 Å². The highest BCUT2D eigenvalue weighted by atomic mass is 35.5. The van der Waals surface area contributed by atoms with Crippen LogP contribution in [0.1, 0.15) is 6.42 Å². The highest BCUT2D eigenvalue weighted by molar-refractivity contribution is 8.78. The Hall–Kier alpha value is -1.35. The molecule has 1 aromatic heterocycles. The zero-order valence-electron chi connectivity index (χ0n) is 10.7. The molecule has 0 fully saturated rings. The fourth-order valence-electron chi connectivity index (χ4n) is 1.98. The summed E-state index contributed by atoms with van der Waals surface area (Å²) >= 11 is 12.6. The van der Waals surface area contributed by atoms with E-state index in [1.54, 1.807) is 22.9 Å². The topological polar surface area (TPSA) is 78.6 Å². The van der Waals surface area contributed by atoms with Crippen LogP contribution in [0, 0.1) is 0 Å². The van der Waals surface area contributed by atoms with Crippen molar-refractivity contribution in [1.29, 1.82) is 0 Å². The van der Waals surface area contributed by atoms with E-state index in [0.717, 1.165) is 32.2 Å². The van der Waals surface area contributed by atoms with Crippen LogP contribution in [0.25, 0.3) is 11.0 Å². The van der Waals surface area contributed by atoms with Gasteiger partial charge in [0, 0.05) is 16.2 Å². The van der Waals surface area contributed by atoms with Gasteiger partial charge in [0.1, 0.15) is 16.7 Å². The first-order valence-electron chi connectivity index (χ1n) is 6.13. The molecule has 1 aliphatic heterocycles. The normalized spacial score (nSPS) is 17.0. The Morgan fingerprint density at radius 1 is 1.09 bits per heavy atom. The number of hydrogen-bond acceptors (Lipinski definition) is 7. The highest BCUT2D eigenvalue weighted by Gasteiger charge is 2.22. The molecule has 0 bridgehead atoms. The summed E-state index contributed by atoms with van der Waals surface area (Å²) in [5.74, 6) is 0. The number of halogens is 2. The lowest BCUT2D eigenvalue weighted by Gasteiger charge is -2.13. The molecule has 2 aliphatic rings. The molecule has 0 saturated carbocycles. The lowest BCUT2D eigenvalue weighted by molar-refractivity contribution is 0.959. The number of aromatic amines is 1. The summed E-state index contributed by atoms with van der Waals surface area (Å²) in [5.41, 5.74) is 3.09. The van der Waals surface area contributed by atoms with Crippen molar-refractivity contribution in [3.8, 4) is 0 Å². The minimum absolute atomic E-state index is 0.624. The van der Waals surface area contributed by atoms with Gasteiger partial charge in [-0.3, -0.25) is 0 Å². The van der Waals surface area contributed by atoms with Crippen molar-refractivity contribution in [3.63, 3.8) is 0 Å². The maximum atomic E-state index is 6.28. The van der Waals surface area contributed by atoms with E-state index in [0.29, 0.717) is 16.5 Å². The third kappa shape index (κ3) is 2.56. The molecule has 0 atom stereocenters. The van der Waals surface area contributed by atoms with Crippen molar-refractivity contribution < 1.29 is 0 Å². The summed E-state index contributed by atoms with van der Waals surface area (Å²) < 4.78 is 0. The Bertz CT molecular complexity index is 898. The maximum absolute atomic E-state index is 6.28. The largest absolute Gasteiger partial charge is 0.197 e. The van der Waals surface area contributed by atoms with Crippen LogP contribution in [-0.4, -0.2) is 21.1 Å². The molecule has 1 aliphatic carbocycles. The predicted octanol–water partition coefficient (Wildman–Crippen LogP) is 4.91. The number of nitrogens with one attached hydrogen (secondary N) is 1. The number of allylic oxidation sites excluding steroid dienone is 4. The molecule has 1 aromatic carbocycles. The maximum Gasteiger partial charge on any atom is 0.114 e. The minimum Gasteiger partial charge on any atom is -0.197 e. The van der Waals surface area contributed by atoms with Gasteiger partial charge in [0.05, 0.1) is 15.8 Å². The van der Waals surface area contributed by atoms with Crippen LogP contribution in [0.15, 0.2) is 54.2 Å². The quantitative estimate of drug-likeness (QED) is 0.780. The van der Waals surface area contributed by atoms with Crippen molar-refractivity contribution in [2.45, 2.75) is 11.3 Å². The van der Waals surface area contributed by atoms with Crippen LogP contribution in [0.3, 0.4) is 0 Å². The summed E-state index contributed by atoms with van der Waals surface area (Å²) in [6.07, 6.45) is 2.41. The van der Waals surface area contributed by atoms with Gasteiger partial charge in [-0.15, -0.1) is 10.2 Å². The fourth-order valence-corrected chi connectivity index (χ4v) is 5.07. The van der Waals surface area contributed by atoms with Crippen molar-refractivity contribution in [3.05, 3.63) is 38.9 Å². The molecule has 2 heterocycles. The van der Waals surface area contributed by atoms with Gasteiger partial charge < -0.3 is 0 Å². The van der Waals surface area contributed by atoms with Gasteiger partial charge in [-0.1, -0.05) is 44.8 Å². The smallest absolute Gasteiger partial charge is 0.114 e. The number of fused-ring (bicyclic) bond motifs is 2. The molecule has 1 N–H and O–H groups in total. The molecule has 10 heteroatoms. The van der Waals surface area contributed by atoms with E-state index in [1.807, 2.05) is 6.07 Å². The molecule has 22 heavy (non-hydrogen) atoms. The molecule has 4 rings (SSSR count). The van der Waals surface area contributed by atoms with Crippen LogP contribution in [0.4, 0.5) is 0 Å². The Balaban J connectivity index is 1.57. The summed E-state index contributed by atoms with van der Waals surface area (Å²) in [5, 5.41) is 23.5. The van der Waals surface area contributed by atoms with Gasteiger partial charge in [0.25, 0.3) is 0 Å². The van der Waals surface area contributed by atoms with Crippen molar-refractivity contribution in [2.75, 3.05) is 0 Å². The van der Waals surface area contributed by atoms with E-state index in [1.165, 1.54) is 10.8 Å². The van der Waals surface area contributed by atoms with Crippen LogP contribution in [-0.2, 0) is 0 Å². The molecular formula is C12H6Cl2N6S2. The Morgan fingerprint density at radius 3 is 2.77 bits per heavy atom. The molecule has 6 nitrogen and oxygen atoms in total. The number of H-pyrrole nitrogens is 1. The van der Waals surface area contributed by atoms with Gasteiger partial charge in [0.15, 0.2) is 0 Å². The van der Waals surface area contributed by atoms with Crippen LogP contribution in [0.2, 0.25) is 5.02 Å². The standard InChI is InChI=1S/C12H6Cl2N6S2/c13-5-1-7-9(17-19-15-7)3-11(5)21-22-12-4-10-8(2-6(12)14)16-20-18-10/h1-3H,4H2,(H,15,17,19). The second-order valence-electron chi connectivity index (χ2n) is 4.48. The monoisotopic (exact) mass is 368 g/mol. The van der Waals surface area contributed by atoms with E-state index in [4.69, 9.17) is 23.2 Å². The van der Waals surface area contributed by atoms with Crippen LogP contribution >= 0.6 is 44.8 Å². The zero-order chi connectivity index (χ0) is 15.1. The molecular weight excluding hydrogens is 363 g/mol. The summed E-state index contributed by atoms with van der Waals surface area (Å²) in [4.78, 5) is 1.90. The first-order valence-corrected chi connectivity index (χ1v) is 9.04. The van der Waals surface area contributed by atoms with Gasteiger partial charge >= 0.3 is 0 Å². The van der Waals surface area contributed by atoms with Crippen molar-refractivity contribution >= 4 is 61.5 Å². The van der Waals surface area contributed by atoms with Crippen LogP contribution in [0.5, 0.6) is 0 Å². The number of nitrogens with zero attached hydrogens (tertiary/aromatic N) is 5. The first kappa shape index (κ1) is 14.3. The Morgan fingerprint density at radius 2 is 1.91 bits per heavy atom. The van der Waals surface area contributed by atoms with Gasteiger partial charge in [-0.2, -0.15) is 15.4 Å². The minimum atomic E-state index is 0.624. The lowest BCUT2D eigenvalue weighted by atomic mass is 10.1. The Labute approximate surface area is 142 Å². The van der Waals surface area contributed by atoms with E-state index in [2.05, 4.69) is 30.8 Å². The number of aromatic nitrogens is 3.